The van der Waals surface area contributed by atoms with E-state index < -0.39 is 5.54 Å². The molecule has 0 saturated heterocycles. The van der Waals surface area contributed by atoms with Crippen molar-refractivity contribution in [3.63, 3.8) is 0 Å². The number of benzene rings is 2. The second-order valence-corrected chi connectivity index (χ2v) is 8.61. The number of carbonyl (C=O) groups excluding carboxylic acids is 1. The van der Waals surface area contributed by atoms with Crippen molar-refractivity contribution < 1.29 is 9.18 Å². The van der Waals surface area contributed by atoms with E-state index in [9.17, 15) is 14.4 Å². The van der Waals surface area contributed by atoms with Crippen LogP contribution in [0.15, 0.2) is 59.8 Å². The van der Waals surface area contributed by atoms with Crippen LogP contribution in [-0.2, 0) is 11.3 Å². The highest BCUT2D eigenvalue weighted by Gasteiger charge is 2.30. The van der Waals surface area contributed by atoms with E-state index in [0.29, 0.717) is 23.1 Å². The van der Waals surface area contributed by atoms with Crippen molar-refractivity contribution in [2.24, 2.45) is 5.92 Å². The van der Waals surface area contributed by atoms with Gasteiger partial charge in [0.1, 0.15) is 11.4 Å². The number of amides is 1. The number of nitrogens with one attached hydrogen (secondary N) is 1. The van der Waals surface area contributed by atoms with Crippen LogP contribution in [0.3, 0.4) is 0 Å². The van der Waals surface area contributed by atoms with Crippen LogP contribution >= 0.6 is 11.8 Å². The molecule has 6 nitrogen and oxygen atoms in total. The summed E-state index contributed by atoms with van der Waals surface area (Å²) in [5.74, 6) is -0.242. The number of nitrogens with zero attached hydrogens (tertiary/aromatic N) is 4. The predicted octanol–water partition coefficient (Wildman–Crippen LogP) is 4.28. The number of nitriles is 1. The summed E-state index contributed by atoms with van der Waals surface area (Å²) in [6.07, 6.45) is 0. The summed E-state index contributed by atoms with van der Waals surface area (Å²) in [6.45, 7) is 5.90. The molecule has 1 heterocycles. The van der Waals surface area contributed by atoms with E-state index in [0.717, 1.165) is 5.56 Å². The standard InChI is InChI=1S/C23H24FN5OS/c1-16(2)23(3,15-25)26-20(30)14-31-22-28-27-21(18-11-7-8-12-19(18)24)29(22)13-17-9-5-4-6-10-17/h4-12,16H,13-14H2,1-3H3,(H,26,30). The molecule has 1 atom stereocenters. The normalized spacial score (nSPS) is 12.9. The molecule has 0 saturated carbocycles. The first-order chi connectivity index (χ1) is 14.8. The van der Waals surface area contributed by atoms with Gasteiger partial charge in [-0.3, -0.25) is 9.36 Å². The minimum atomic E-state index is -0.951. The quantitative estimate of drug-likeness (QED) is 0.532. The number of halogens is 1. The van der Waals surface area contributed by atoms with Crippen LogP contribution in [0.25, 0.3) is 11.4 Å². The number of hydrogen-bond acceptors (Lipinski definition) is 5. The molecule has 1 N–H and O–H groups in total. The van der Waals surface area contributed by atoms with Crippen LogP contribution in [0.1, 0.15) is 26.3 Å². The number of carbonyl (C=O) groups is 1. The van der Waals surface area contributed by atoms with Gasteiger partial charge < -0.3 is 5.32 Å². The summed E-state index contributed by atoms with van der Waals surface area (Å²) < 4.78 is 16.2. The van der Waals surface area contributed by atoms with Gasteiger partial charge in [0.15, 0.2) is 11.0 Å². The molecule has 2 aromatic carbocycles. The maximum absolute atomic E-state index is 14.4. The third kappa shape index (κ3) is 5.30. The van der Waals surface area contributed by atoms with Gasteiger partial charge in [-0.2, -0.15) is 5.26 Å². The summed E-state index contributed by atoms with van der Waals surface area (Å²) in [5.41, 5.74) is 0.399. The monoisotopic (exact) mass is 437 g/mol. The van der Waals surface area contributed by atoms with E-state index in [1.807, 2.05) is 44.2 Å². The van der Waals surface area contributed by atoms with Crippen molar-refractivity contribution in [2.75, 3.05) is 5.75 Å². The Hall–Kier alpha value is -3.18. The van der Waals surface area contributed by atoms with E-state index in [2.05, 4.69) is 21.6 Å². The summed E-state index contributed by atoms with van der Waals surface area (Å²) in [6, 6.07) is 18.3. The van der Waals surface area contributed by atoms with Gasteiger partial charge >= 0.3 is 0 Å². The van der Waals surface area contributed by atoms with E-state index >= 15 is 0 Å². The fraction of sp³-hybridized carbons (Fsp3) is 0.304. The van der Waals surface area contributed by atoms with Crippen LogP contribution in [0, 0.1) is 23.1 Å². The maximum atomic E-state index is 14.4. The number of aromatic nitrogens is 3. The number of hydrogen-bond donors (Lipinski definition) is 1. The van der Waals surface area contributed by atoms with Gasteiger partial charge in [0.25, 0.3) is 0 Å². The lowest BCUT2D eigenvalue weighted by molar-refractivity contribution is -0.120. The molecule has 0 aliphatic rings. The lowest BCUT2D eigenvalue weighted by Gasteiger charge is -2.27. The number of thioether (sulfide) groups is 1. The molecule has 3 rings (SSSR count). The Morgan fingerprint density at radius 3 is 2.52 bits per heavy atom. The smallest absolute Gasteiger partial charge is 0.231 e. The minimum absolute atomic E-state index is 0.0409. The average molecular weight is 438 g/mol. The van der Waals surface area contributed by atoms with Gasteiger partial charge in [-0.1, -0.05) is 68.1 Å². The van der Waals surface area contributed by atoms with Gasteiger partial charge in [-0.05, 0) is 30.5 Å². The maximum Gasteiger partial charge on any atom is 0.231 e. The first-order valence-corrected chi connectivity index (χ1v) is 10.9. The Bertz CT molecular complexity index is 1090. The molecule has 0 bridgehead atoms. The van der Waals surface area contributed by atoms with Gasteiger partial charge in [0.05, 0.1) is 23.9 Å². The molecule has 1 aromatic heterocycles. The van der Waals surface area contributed by atoms with Crippen LogP contribution in [0.4, 0.5) is 4.39 Å². The van der Waals surface area contributed by atoms with E-state index in [1.54, 1.807) is 29.7 Å². The molecule has 1 amide bonds. The van der Waals surface area contributed by atoms with Crippen molar-refractivity contribution >= 4 is 17.7 Å². The predicted molar refractivity (Wildman–Crippen MR) is 119 cm³/mol. The van der Waals surface area contributed by atoms with Crippen molar-refractivity contribution in [1.29, 1.82) is 5.26 Å². The Morgan fingerprint density at radius 2 is 1.87 bits per heavy atom. The fourth-order valence-corrected chi connectivity index (χ4v) is 3.64. The Kier molecular flexibility index (Phi) is 7.08. The fourth-order valence-electron chi connectivity index (χ4n) is 2.90. The van der Waals surface area contributed by atoms with Crippen LogP contribution in [0.5, 0.6) is 0 Å². The Labute approximate surface area is 185 Å². The van der Waals surface area contributed by atoms with Gasteiger partial charge in [-0.25, -0.2) is 4.39 Å². The second-order valence-electron chi connectivity index (χ2n) is 7.66. The zero-order valence-electron chi connectivity index (χ0n) is 17.7. The molecule has 0 spiro atoms. The molecule has 0 aliphatic carbocycles. The largest absolute Gasteiger partial charge is 0.337 e. The highest BCUT2D eigenvalue weighted by atomic mass is 32.2. The van der Waals surface area contributed by atoms with Crippen LogP contribution < -0.4 is 5.32 Å². The van der Waals surface area contributed by atoms with Crippen molar-refractivity contribution in [3.8, 4) is 17.5 Å². The zero-order chi connectivity index (χ0) is 22.4. The topological polar surface area (TPSA) is 83.6 Å². The zero-order valence-corrected chi connectivity index (χ0v) is 18.5. The Balaban J connectivity index is 1.86. The highest BCUT2D eigenvalue weighted by molar-refractivity contribution is 7.99. The van der Waals surface area contributed by atoms with E-state index in [4.69, 9.17) is 0 Å². The SMILES string of the molecule is CC(C)C(C)(C#N)NC(=O)CSc1nnc(-c2ccccc2F)n1Cc1ccccc1. The van der Waals surface area contributed by atoms with E-state index in [1.165, 1.54) is 17.8 Å². The second kappa shape index (κ2) is 9.75. The van der Waals surface area contributed by atoms with Gasteiger partial charge in [0, 0.05) is 0 Å². The van der Waals surface area contributed by atoms with Crippen LogP contribution in [0.2, 0.25) is 0 Å². The van der Waals surface area contributed by atoms with Gasteiger partial charge in [0.2, 0.25) is 5.91 Å². The summed E-state index contributed by atoms with van der Waals surface area (Å²) in [5, 5.41) is 21.1. The first kappa shape index (κ1) is 22.5. The van der Waals surface area contributed by atoms with Crippen molar-refractivity contribution in [1.82, 2.24) is 20.1 Å². The summed E-state index contributed by atoms with van der Waals surface area (Å²) >= 11 is 1.20. The molecular weight excluding hydrogens is 413 g/mol. The van der Waals surface area contributed by atoms with Crippen molar-refractivity contribution in [2.45, 2.75) is 38.0 Å². The molecule has 3 aromatic rings. The molecule has 0 fully saturated rings. The lowest BCUT2D eigenvalue weighted by Crippen LogP contribution is -2.49. The molecule has 0 radical (unpaired) electrons. The van der Waals surface area contributed by atoms with Crippen molar-refractivity contribution in [3.05, 3.63) is 66.0 Å². The first-order valence-electron chi connectivity index (χ1n) is 9.91. The molecule has 1 unspecified atom stereocenters. The average Bonchev–Trinajstić information content (AvgIpc) is 3.15. The lowest BCUT2D eigenvalue weighted by atomic mass is 9.90. The van der Waals surface area contributed by atoms with Gasteiger partial charge in [-0.15, -0.1) is 10.2 Å². The Morgan fingerprint density at radius 1 is 1.19 bits per heavy atom. The third-order valence-corrected chi connectivity index (χ3v) is 6.10. The molecule has 160 valence electrons. The van der Waals surface area contributed by atoms with Crippen LogP contribution in [-0.4, -0.2) is 32.0 Å². The molecule has 8 heteroatoms. The third-order valence-electron chi connectivity index (χ3n) is 5.13. The van der Waals surface area contributed by atoms with E-state index in [-0.39, 0.29) is 23.4 Å². The molecular formula is C23H24FN5OS. The summed E-state index contributed by atoms with van der Waals surface area (Å²) in [7, 11) is 0. The highest BCUT2D eigenvalue weighted by Crippen LogP contribution is 2.27. The minimum Gasteiger partial charge on any atom is -0.337 e. The number of rotatable bonds is 8. The molecule has 0 aliphatic heterocycles. The molecule has 31 heavy (non-hydrogen) atoms. The summed E-state index contributed by atoms with van der Waals surface area (Å²) in [4.78, 5) is 12.5.